The van der Waals surface area contributed by atoms with Crippen molar-refractivity contribution in [2.75, 3.05) is 32.8 Å². The van der Waals surface area contributed by atoms with Gasteiger partial charge in [0.15, 0.2) is 0 Å². The van der Waals surface area contributed by atoms with E-state index in [4.69, 9.17) is 4.74 Å². The quantitative estimate of drug-likeness (QED) is 0.726. The first kappa shape index (κ1) is 12.3. The van der Waals surface area contributed by atoms with E-state index in [0.717, 1.165) is 51.9 Å². The summed E-state index contributed by atoms with van der Waals surface area (Å²) in [5, 5.41) is 3.32. The Morgan fingerprint density at radius 1 is 1.33 bits per heavy atom. The Hall–Kier alpha value is -0.770. The molecule has 15 heavy (non-hydrogen) atoms. The largest absolute Gasteiger partial charge is 0.449 e. The number of carbonyl (C=O) groups excluding carboxylic acids is 1. The van der Waals surface area contributed by atoms with Crippen molar-refractivity contribution in [1.82, 2.24) is 10.2 Å². The van der Waals surface area contributed by atoms with Gasteiger partial charge in [-0.25, -0.2) is 4.79 Å². The normalized spacial score (nSPS) is 18.1. The van der Waals surface area contributed by atoms with Gasteiger partial charge in [-0.05, 0) is 32.4 Å². The number of ether oxygens (including phenoxy) is 1. The molecule has 0 aromatic carbocycles. The molecule has 1 rings (SSSR count). The predicted molar refractivity (Wildman–Crippen MR) is 59.9 cm³/mol. The Kier molecular flexibility index (Phi) is 6.16. The van der Waals surface area contributed by atoms with E-state index >= 15 is 0 Å². The van der Waals surface area contributed by atoms with Crippen LogP contribution in [0.25, 0.3) is 0 Å². The molecule has 88 valence electrons. The average Bonchev–Trinajstić information content (AvgIpc) is 2.17. The molecule has 0 aromatic heterocycles. The summed E-state index contributed by atoms with van der Waals surface area (Å²) in [5.41, 5.74) is 0. The molecule has 0 aromatic rings. The molecule has 0 aliphatic carbocycles. The van der Waals surface area contributed by atoms with Gasteiger partial charge in [0.1, 0.15) is 0 Å². The summed E-state index contributed by atoms with van der Waals surface area (Å²) in [7, 11) is 0. The molecule has 0 radical (unpaired) electrons. The van der Waals surface area contributed by atoms with Crippen LogP contribution in [0.3, 0.4) is 0 Å². The topological polar surface area (TPSA) is 41.6 Å². The maximum absolute atomic E-state index is 11.6. The number of hydrogen-bond acceptors (Lipinski definition) is 3. The van der Waals surface area contributed by atoms with E-state index in [1.165, 1.54) is 0 Å². The second-order valence-corrected chi connectivity index (χ2v) is 3.91. The minimum Gasteiger partial charge on any atom is -0.449 e. The Labute approximate surface area is 92.0 Å². The second-order valence-electron chi connectivity index (χ2n) is 3.91. The van der Waals surface area contributed by atoms with Gasteiger partial charge in [0, 0.05) is 13.1 Å². The molecule has 4 heteroatoms. The lowest BCUT2D eigenvalue weighted by atomic mass is 10.3. The van der Waals surface area contributed by atoms with Crippen molar-refractivity contribution in [2.45, 2.75) is 32.6 Å². The van der Waals surface area contributed by atoms with Crippen molar-refractivity contribution in [3.63, 3.8) is 0 Å². The number of unbranched alkanes of at least 4 members (excludes halogenated alkanes) is 1. The molecule has 1 saturated heterocycles. The summed E-state index contributed by atoms with van der Waals surface area (Å²) in [6.07, 6.45) is 3.93. The molecule has 0 spiro atoms. The van der Waals surface area contributed by atoms with Crippen LogP contribution >= 0.6 is 0 Å². The highest BCUT2D eigenvalue weighted by Gasteiger charge is 2.15. The molecular weight excluding hydrogens is 192 g/mol. The monoisotopic (exact) mass is 214 g/mol. The lowest BCUT2D eigenvalue weighted by Gasteiger charge is -2.24. The lowest BCUT2D eigenvalue weighted by Crippen LogP contribution is -2.38. The highest BCUT2D eigenvalue weighted by atomic mass is 16.6. The van der Waals surface area contributed by atoms with Crippen molar-refractivity contribution < 1.29 is 9.53 Å². The van der Waals surface area contributed by atoms with E-state index in [0.29, 0.717) is 6.61 Å². The highest BCUT2D eigenvalue weighted by Crippen LogP contribution is 2.01. The van der Waals surface area contributed by atoms with Crippen LogP contribution in [0.4, 0.5) is 4.79 Å². The van der Waals surface area contributed by atoms with E-state index in [-0.39, 0.29) is 6.09 Å². The average molecular weight is 214 g/mol. The van der Waals surface area contributed by atoms with Crippen LogP contribution in [0.5, 0.6) is 0 Å². The highest BCUT2D eigenvalue weighted by molar-refractivity contribution is 5.67. The number of rotatable bonds is 3. The van der Waals surface area contributed by atoms with Crippen LogP contribution in [0.1, 0.15) is 32.6 Å². The van der Waals surface area contributed by atoms with Crippen molar-refractivity contribution in [3.05, 3.63) is 0 Å². The van der Waals surface area contributed by atoms with Gasteiger partial charge >= 0.3 is 6.09 Å². The Morgan fingerprint density at radius 2 is 2.00 bits per heavy atom. The summed E-state index contributed by atoms with van der Waals surface area (Å²) in [6.45, 7) is 6.28. The molecule has 1 aliphatic heterocycles. The molecular formula is C11H22N2O2. The fraction of sp³-hybridized carbons (Fsp3) is 0.909. The lowest BCUT2D eigenvalue weighted by molar-refractivity contribution is 0.0986. The molecule has 0 saturated carbocycles. The Morgan fingerprint density at radius 3 is 2.60 bits per heavy atom. The van der Waals surface area contributed by atoms with Crippen LogP contribution < -0.4 is 5.32 Å². The van der Waals surface area contributed by atoms with Crippen LogP contribution in [-0.4, -0.2) is 43.8 Å². The summed E-state index contributed by atoms with van der Waals surface area (Å²) >= 11 is 0. The first-order valence-electron chi connectivity index (χ1n) is 5.97. The summed E-state index contributed by atoms with van der Waals surface area (Å²) < 4.78 is 5.18. The van der Waals surface area contributed by atoms with Crippen molar-refractivity contribution in [2.24, 2.45) is 0 Å². The van der Waals surface area contributed by atoms with Crippen LogP contribution in [0, 0.1) is 0 Å². The van der Waals surface area contributed by atoms with Crippen molar-refractivity contribution in [3.8, 4) is 0 Å². The Bertz CT molecular complexity index is 177. The molecule has 1 amide bonds. The minimum absolute atomic E-state index is 0.134. The van der Waals surface area contributed by atoms with E-state index in [1.54, 1.807) is 0 Å². The first-order chi connectivity index (χ1) is 7.34. The van der Waals surface area contributed by atoms with E-state index in [2.05, 4.69) is 12.2 Å². The van der Waals surface area contributed by atoms with Gasteiger partial charge in [0.05, 0.1) is 6.61 Å². The fourth-order valence-corrected chi connectivity index (χ4v) is 1.60. The van der Waals surface area contributed by atoms with Gasteiger partial charge in [-0.15, -0.1) is 0 Å². The number of amides is 1. The van der Waals surface area contributed by atoms with Gasteiger partial charge in [-0.3, -0.25) is 0 Å². The second kappa shape index (κ2) is 7.51. The smallest absolute Gasteiger partial charge is 0.409 e. The van der Waals surface area contributed by atoms with Crippen LogP contribution in [0.2, 0.25) is 0 Å². The van der Waals surface area contributed by atoms with Crippen molar-refractivity contribution >= 4 is 6.09 Å². The number of carbonyl (C=O) groups is 1. The number of nitrogens with zero attached hydrogens (tertiary/aromatic N) is 1. The third kappa shape index (κ3) is 5.02. The van der Waals surface area contributed by atoms with Gasteiger partial charge in [-0.1, -0.05) is 13.3 Å². The fourth-order valence-electron chi connectivity index (χ4n) is 1.60. The summed E-state index contributed by atoms with van der Waals surface area (Å²) in [4.78, 5) is 13.5. The Balaban J connectivity index is 2.22. The van der Waals surface area contributed by atoms with Gasteiger partial charge in [0.25, 0.3) is 0 Å². The molecule has 0 bridgehead atoms. The third-order valence-electron chi connectivity index (χ3n) is 2.54. The third-order valence-corrected chi connectivity index (χ3v) is 2.54. The standard InChI is InChI=1S/C11H22N2O2/c1-2-3-10-15-11(14)13-8-4-6-12-7-5-9-13/h12H,2-10H2,1H3. The van der Waals surface area contributed by atoms with Crippen LogP contribution in [0.15, 0.2) is 0 Å². The molecule has 0 atom stereocenters. The number of nitrogens with one attached hydrogen (secondary N) is 1. The maximum atomic E-state index is 11.6. The molecule has 1 aliphatic rings. The van der Waals surface area contributed by atoms with Gasteiger partial charge in [-0.2, -0.15) is 0 Å². The molecule has 1 heterocycles. The van der Waals surface area contributed by atoms with E-state index in [1.807, 2.05) is 4.90 Å². The van der Waals surface area contributed by atoms with E-state index in [9.17, 15) is 4.79 Å². The molecule has 1 fully saturated rings. The zero-order chi connectivity index (χ0) is 10.9. The minimum atomic E-state index is -0.134. The van der Waals surface area contributed by atoms with Gasteiger partial charge < -0.3 is 15.0 Å². The SMILES string of the molecule is CCCCOC(=O)N1CCCNCCC1. The maximum Gasteiger partial charge on any atom is 0.409 e. The van der Waals surface area contributed by atoms with Crippen molar-refractivity contribution in [1.29, 1.82) is 0 Å². The first-order valence-corrected chi connectivity index (χ1v) is 5.97. The zero-order valence-corrected chi connectivity index (χ0v) is 9.63. The zero-order valence-electron chi connectivity index (χ0n) is 9.63. The van der Waals surface area contributed by atoms with Gasteiger partial charge in [0.2, 0.25) is 0 Å². The number of hydrogen-bond donors (Lipinski definition) is 1. The van der Waals surface area contributed by atoms with E-state index < -0.39 is 0 Å². The summed E-state index contributed by atoms with van der Waals surface area (Å²) in [6, 6.07) is 0. The van der Waals surface area contributed by atoms with Crippen LogP contribution in [-0.2, 0) is 4.74 Å². The predicted octanol–water partition coefficient (Wildman–Crippen LogP) is 1.61. The molecule has 1 N–H and O–H groups in total. The molecule has 4 nitrogen and oxygen atoms in total. The molecule has 0 unspecified atom stereocenters. The summed E-state index contributed by atoms with van der Waals surface area (Å²) in [5.74, 6) is 0.